The molecule has 4 aromatic heterocycles. The normalized spacial score (nSPS) is 19.7. The summed E-state index contributed by atoms with van der Waals surface area (Å²) in [5, 5.41) is 17.0. The van der Waals surface area contributed by atoms with E-state index in [0.717, 1.165) is 112 Å². The molecule has 1 aliphatic carbocycles. The van der Waals surface area contributed by atoms with E-state index in [1.165, 1.54) is 10.1 Å². The van der Waals surface area contributed by atoms with Gasteiger partial charge in [0.05, 0.1) is 70.5 Å². The van der Waals surface area contributed by atoms with Gasteiger partial charge in [-0.1, -0.05) is 12.5 Å². The molecule has 0 spiro atoms. The highest BCUT2D eigenvalue weighted by atomic mass is 16.6. The second-order valence-corrected chi connectivity index (χ2v) is 18.0. The standard InChI is InChI=1S/C49H67N9O9/c1-55-43-30-34(7-12-41(43)58(49(55)62)42-13-14-44(60)53-47(42)61)6-4-3-5-22-64-24-26-66-28-29-67-27-25-65-23-21-56-19-16-35(17-20-56)40-33-57(37-8-10-38(59)11-9-37)46-39(40)32-51-48(54-46)52-36-15-18-50-45(31-36)63-2/h7,12,15,18,30-33,35,37-38,42,59H,3-6,8-11,13-14,16-17,19-29H2,1-2H3,(H,53,60,61)(H,50,51,52,54). The number of hydrogen-bond acceptors (Lipinski definition) is 14. The van der Waals surface area contributed by atoms with Gasteiger partial charge in [0.25, 0.3) is 0 Å². The van der Waals surface area contributed by atoms with E-state index in [0.29, 0.717) is 88.6 Å². The summed E-state index contributed by atoms with van der Waals surface area (Å²) in [6.45, 7) is 7.43. The number of nitrogens with one attached hydrogen (secondary N) is 2. The number of aryl methyl sites for hydroxylation is 2. The van der Waals surface area contributed by atoms with Gasteiger partial charge in [0, 0.05) is 68.4 Å². The molecular weight excluding hydrogens is 859 g/mol. The largest absolute Gasteiger partial charge is 0.481 e. The van der Waals surface area contributed by atoms with Gasteiger partial charge >= 0.3 is 5.69 Å². The van der Waals surface area contributed by atoms with Crippen molar-refractivity contribution in [1.29, 1.82) is 0 Å². The first-order valence-corrected chi connectivity index (χ1v) is 24.1. The van der Waals surface area contributed by atoms with Crippen molar-refractivity contribution in [3.05, 3.63) is 70.5 Å². The van der Waals surface area contributed by atoms with Gasteiger partial charge in [0.2, 0.25) is 23.6 Å². The zero-order valence-electron chi connectivity index (χ0n) is 39.0. The minimum absolute atomic E-state index is 0.222. The molecule has 2 amide bonds. The topological polar surface area (TPSA) is 198 Å². The first-order valence-electron chi connectivity index (χ1n) is 24.1. The number of anilines is 2. The Morgan fingerprint density at radius 1 is 0.806 bits per heavy atom. The van der Waals surface area contributed by atoms with Gasteiger partial charge in [-0.25, -0.2) is 14.8 Å². The average molecular weight is 926 g/mol. The highest BCUT2D eigenvalue weighted by molar-refractivity contribution is 6.00. The molecule has 18 heteroatoms. The Hall–Kier alpha value is -5.24. The summed E-state index contributed by atoms with van der Waals surface area (Å²) in [4.78, 5) is 53.6. The highest BCUT2D eigenvalue weighted by Gasteiger charge is 2.32. The van der Waals surface area contributed by atoms with Gasteiger partial charge in [-0.2, -0.15) is 4.98 Å². The van der Waals surface area contributed by atoms with Gasteiger partial charge in [0.1, 0.15) is 11.7 Å². The summed E-state index contributed by atoms with van der Waals surface area (Å²) in [6, 6.07) is 9.26. The molecule has 6 heterocycles. The first-order chi connectivity index (χ1) is 32.7. The fraction of sp³-hybridized carbons (Fsp3) is 0.592. The number of imide groups is 1. The summed E-state index contributed by atoms with van der Waals surface area (Å²) in [5.74, 6) is 0.752. The first kappa shape index (κ1) is 48.2. The third-order valence-corrected chi connectivity index (χ3v) is 13.5. The van der Waals surface area contributed by atoms with E-state index in [2.05, 4.69) is 31.3 Å². The molecule has 1 atom stereocenters. The van der Waals surface area contributed by atoms with Gasteiger partial charge in [-0.05, 0) is 113 Å². The zero-order valence-corrected chi connectivity index (χ0v) is 39.0. The summed E-state index contributed by atoms with van der Waals surface area (Å²) >= 11 is 0. The number of amides is 2. The molecule has 18 nitrogen and oxygen atoms in total. The van der Waals surface area contributed by atoms with Gasteiger partial charge < -0.3 is 43.6 Å². The number of aromatic nitrogens is 6. The van der Waals surface area contributed by atoms with Crippen molar-refractivity contribution in [3.8, 4) is 5.88 Å². The zero-order chi connectivity index (χ0) is 46.5. The molecule has 1 aromatic carbocycles. The van der Waals surface area contributed by atoms with E-state index in [9.17, 15) is 19.5 Å². The number of aliphatic hydroxyl groups excluding tert-OH is 1. The van der Waals surface area contributed by atoms with Gasteiger partial charge in [0.15, 0.2) is 0 Å². The van der Waals surface area contributed by atoms with Crippen molar-refractivity contribution in [2.75, 3.05) is 84.9 Å². The van der Waals surface area contributed by atoms with E-state index < -0.39 is 11.9 Å². The second-order valence-electron chi connectivity index (χ2n) is 18.0. The van der Waals surface area contributed by atoms with Crippen LogP contribution >= 0.6 is 0 Å². The van der Waals surface area contributed by atoms with E-state index in [-0.39, 0.29) is 24.1 Å². The van der Waals surface area contributed by atoms with Crippen molar-refractivity contribution in [2.24, 2.45) is 7.05 Å². The lowest BCUT2D eigenvalue weighted by atomic mass is 9.90. The van der Waals surface area contributed by atoms with Gasteiger partial charge in [-0.3, -0.25) is 24.0 Å². The van der Waals surface area contributed by atoms with Crippen LogP contribution in [0.5, 0.6) is 5.88 Å². The number of fused-ring (bicyclic) bond motifs is 2. The molecule has 1 unspecified atom stereocenters. The molecule has 5 aromatic rings. The lowest BCUT2D eigenvalue weighted by molar-refractivity contribution is -0.135. The Balaban J connectivity index is 0.653. The number of ether oxygens (including phenoxy) is 5. The number of benzene rings is 1. The maximum atomic E-state index is 13.0. The quantitative estimate of drug-likeness (QED) is 0.0529. The predicted molar refractivity (Wildman–Crippen MR) is 253 cm³/mol. The van der Waals surface area contributed by atoms with Crippen LogP contribution in [0.25, 0.3) is 22.1 Å². The molecule has 362 valence electrons. The van der Waals surface area contributed by atoms with Crippen LogP contribution < -0.4 is 21.1 Å². The fourth-order valence-corrected chi connectivity index (χ4v) is 9.71. The number of pyridine rings is 1. The Morgan fingerprint density at radius 3 is 2.27 bits per heavy atom. The Kier molecular flexibility index (Phi) is 17.0. The van der Waals surface area contributed by atoms with Crippen LogP contribution in [0, 0.1) is 0 Å². The summed E-state index contributed by atoms with van der Waals surface area (Å²) in [7, 11) is 3.32. The Bertz CT molecular complexity index is 2470. The number of piperidine rings is 2. The Labute approximate surface area is 391 Å². The monoisotopic (exact) mass is 926 g/mol. The van der Waals surface area contributed by atoms with Crippen LogP contribution in [-0.4, -0.2) is 136 Å². The molecule has 0 radical (unpaired) electrons. The number of nitrogens with zero attached hydrogens (tertiary/aromatic N) is 7. The van der Waals surface area contributed by atoms with Crippen molar-refractivity contribution in [3.63, 3.8) is 0 Å². The number of aliphatic hydroxyl groups is 1. The van der Waals surface area contributed by atoms with Crippen LogP contribution in [-0.2, 0) is 42.0 Å². The Morgan fingerprint density at radius 2 is 1.54 bits per heavy atom. The molecule has 3 N–H and O–H groups in total. The molecule has 67 heavy (non-hydrogen) atoms. The third-order valence-electron chi connectivity index (χ3n) is 13.5. The lowest BCUT2D eigenvalue weighted by Gasteiger charge is -2.32. The maximum absolute atomic E-state index is 13.0. The average Bonchev–Trinajstić information content (AvgIpc) is 3.83. The van der Waals surface area contributed by atoms with Crippen LogP contribution in [0.2, 0.25) is 0 Å². The van der Waals surface area contributed by atoms with Crippen LogP contribution in [0.4, 0.5) is 11.6 Å². The van der Waals surface area contributed by atoms with E-state index in [4.69, 9.17) is 33.7 Å². The predicted octanol–water partition coefficient (Wildman–Crippen LogP) is 5.34. The van der Waals surface area contributed by atoms with Crippen molar-refractivity contribution < 1.29 is 38.4 Å². The SMILES string of the molecule is COc1cc(Nc2ncc3c(C4CCN(CCOCCOCCOCCOCCCCCc5ccc6c(c5)n(C)c(=O)n6C5CCC(=O)NC5=O)CC4)cn(C4CCC(O)CC4)c3n2)ccn1. The van der Waals surface area contributed by atoms with Crippen LogP contribution in [0.3, 0.4) is 0 Å². The number of hydrogen-bond donors (Lipinski definition) is 3. The van der Waals surface area contributed by atoms with E-state index >= 15 is 0 Å². The summed E-state index contributed by atoms with van der Waals surface area (Å²) in [5.41, 5.74) is 5.45. The number of methoxy groups -OCH3 is 1. The van der Waals surface area contributed by atoms with E-state index in [1.807, 2.05) is 36.5 Å². The summed E-state index contributed by atoms with van der Waals surface area (Å²) in [6.07, 6.45) is 15.8. The lowest BCUT2D eigenvalue weighted by Crippen LogP contribution is -2.44. The van der Waals surface area contributed by atoms with Crippen LogP contribution in [0.15, 0.2) is 53.7 Å². The van der Waals surface area contributed by atoms with Crippen LogP contribution in [0.1, 0.15) is 99.8 Å². The smallest absolute Gasteiger partial charge is 0.329 e. The number of rotatable bonds is 24. The number of likely N-dealkylation sites (tertiary alicyclic amines) is 1. The minimum Gasteiger partial charge on any atom is -0.481 e. The molecule has 2 aliphatic heterocycles. The molecule has 3 aliphatic rings. The molecule has 1 saturated carbocycles. The molecule has 2 saturated heterocycles. The molecule has 0 bridgehead atoms. The second kappa shape index (κ2) is 23.7. The minimum atomic E-state index is -0.678. The number of unbranched alkanes of at least 4 members (excludes halogenated alkanes) is 2. The third kappa shape index (κ3) is 12.5. The fourth-order valence-electron chi connectivity index (χ4n) is 9.71. The molecule has 8 rings (SSSR count). The van der Waals surface area contributed by atoms with Crippen molar-refractivity contribution in [2.45, 2.75) is 101 Å². The van der Waals surface area contributed by atoms with Crippen molar-refractivity contribution in [1.82, 2.24) is 38.9 Å². The number of imidazole rings is 1. The highest BCUT2D eigenvalue weighted by Crippen LogP contribution is 2.38. The van der Waals surface area contributed by atoms with E-state index in [1.54, 1.807) is 24.9 Å². The van der Waals surface area contributed by atoms with Crippen molar-refractivity contribution >= 4 is 45.5 Å². The molecule has 3 fully saturated rings. The number of carbonyl (C=O) groups is 2. The maximum Gasteiger partial charge on any atom is 0.329 e. The summed E-state index contributed by atoms with van der Waals surface area (Å²) < 4.78 is 33.8. The van der Waals surface area contributed by atoms with Gasteiger partial charge in [-0.15, -0.1) is 0 Å². The molecular formula is C49H67N9O9. The number of carbonyl (C=O) groups excluding carboxylic acids is 2.